The average molecular weight is 253 g/mol. The van der Waals surface area contributed by atoms with E-state index in [2.05, 4.69) is 37.3 Å². The van der Waals surface area contributed by atoms with Gasteiger partial charge in [-0.1, -0.05) is 25.5 Å². The van der Waals surface area contributed by atoms with Gasteiger partial charge in [-0.05, 0) is 43.5 Å². The predicted octanol–water partition coefficient (Wildman–Crippen LogP) is 3.50. The Morgan fingerprint density at radius 2 is 1.84 bits per heavy atom. The zero-order chi connectivity index (χ0) is 14.0. The van der Waals surface area contributed by atoms with Crippen LogP contribution in [-0.2, 0) is 6.42 Å². The summed E-state index contributed by atoms with van der Waals surface area (Å²) in [7, 11) is 0. The summed E-state index contributed by atoms with van der Waals surface area (Å²) in [5.74, 6) is 0.528. The quantitative estimate of drug-likeness (QED) is 0.910. The van der Waals surface area contributed by atoms with E-state index in [9.17, 15) is 0 Å². The molecule has 0 saturated heterocycles. The van der Waals surface area contributed by atoms with Crippen molar-refractivity contribution in [3.8, 4) is 11.8 Å². The lowest BCUT2D eigenvalue weighted by Crippen LogP contribution is -2.02. The van der Waals surface area contributed by atoms with E-state index < -0.39 is 0 Å². The van der Waals surface area contributed by atoms with E-state index in [0.29, 0.717) is 11.4 Å². The Kier molecular flexibility index (Phi) is 3.62. The Hall–Kier alpha value is -2.21. The van der Waals surface area contributed by atoms with Crippen LogP contribution >= 0.6 is 0 Å². The van der Waals surface area contributed by atoms with E-state index in [-0.39, 0.29) is 0 Å². The summed E-state index contributed by atoms with van der Waals surface area (Å²) in [5.41, 5.74) is 11.0. The van der Waals surface area contributed by atoms with Gasteiger partial charge in [0.15, 0.2) is 0 Å². The molecular weight excluding hydrogens is 234 g/mol. The molecule has 1 aromatic carbocycles. The smallest absolute Gasteiger partial charge is 0.126 e. The lowest BCUT2D eigenvalue weighted by atomic mass is 10.1. The zero-order valence-corrected chi connectivity index (χ0v) is 11.7. The molecule has 0 saturated carbocycles. The van der Waals surface area contributed by atoms with E-state index >= 15 is 0 Å². The van der Waals surface area contributed by atoms with Gasteiger partial charge in [0, 0.05) is 11.4 Å². The number of nitrogens with zero attached hydrogens (tertiary/aromatic N) is 2. The van der Waals surface area contributed by atoms with Crippen molar-refractivity contribution in [3.63, 3.8) is 0 Å². The van der Waals surface area contributed by atoms with E-state index in [0.717, 1.165) is 29.8 Å². The second kappa shape index (κ2) is 5.19. The van der Waals surface area contributed by atoms with Crippen molar-refractivity contribution < 1.29 is 0 Å². The molecule has 2 N–H and O–H groups in total. The van der Waals surface area contributed by atoms with Crippen LogP contribution in [0.4, 0.5) is 5.82 Å². The van der Waals surface area contributed by atoms with Gasteiger partial charge in [-0.15, -0.1) is 0 Å². The van der Waals surface area contributed by atoms with Gasteiger partial charge >= 0.3 is 0 Å². The Balaban J connectivity index is 2.51. The lowest BCUT2D eigenvalue weighted by molar-refractivity contribution is 0.919. The first-order valence-electron chi connectivity index (χ1n) is 6.57. The number of hydrogen-bond acceptors (Lipinski definition) is 2. The molecule has 0 spiro atoms. The molecule has 0 aliphatic rings. The Morgan fingerprint density at radius 1 is 1.21 bits per heavy atom. The third-order valence-electron chi connectivity index (χ3n) is 3.60. The third kappa shape index (κ3) is 2.22. The van der Waals surface area contributed by atoms with Crippen LogP contribution in [0.15, 0.2) is 24.3 Å². The second-order valence-electron chi connectivity index (χ2n) is 4.83. The van der Waals surface area contributed by atoms with Crippen molar-refractivity contribution in [3.05, 3.63) is 46.6 Å². The van der Waals surface area contributed by atoms with Crippen LogP contribution in [0.5, 0.6) is 0 Å². The fourth-order valence-corrected chi connectivity index (χ4v) is 2.41. The Bertz CT molecular complexity index is 627. The first-order valence-corrected chi connectivity index (χ1v) is 6.57. The molecular formula is C16H19N3. The number of nitrogen functional groups attached to an aromatic ring is 1. The SMILES string of the molecule is CCCc1ccc(-n2c(C)c(C)c(C#N)c2N)cc1. The molecule has 0 radical (unpaired) electrons. The van der Waals surface area contributed by atoms with Gasteiger partial charge in [-0.3, -0.25) is 4.57 Å². The van der Waals surface area contributed by atoms with Crippen molar-refractivity contribution in [2.45, 2.75) is 33.6 Å². The van der Waals surface area contributed by atoms with Crippen LogP contribution in [0.3, 0.4) is 0 Å². The Morgan fingerprint density at radius 3 is 2.32 bits per heavy atom. The fraction of sp³-hybridized carbons (Fsp3) is 0.312. The van der Waals surface area contributed by atoms with Gasteiger partial charge in [0.25, 0.3) is 0 Å². The summed E-state index contributed by atoms with van der Waals surface area (Å²) in [6, 6.07) is 10.6. The molecule has 0 amide bonds. The maximum absolute atomic E-state index is 9.15. The average Bonchev–Trinajstić information content (AvgIpc) is 2.62. The first-order chi connectivity index (χ1) is 9.10. The highest BCUT2D eigenvalue weighted by Crippen LogP contribution is 2.27. The highest BCUT2D eigenvalue weighted by Gasteiger charge is 2.15. The second-order valence-corrected chi connectivity index (χ2v) is 4.83. The van der Waals surface area contributed by atoms with Gasteiger partial charge < -0.3 is 5.73 Å². The molecule has 0 unspecified atom stereocenters. The number of benzene rings is 1. The molecule has 3 heteroatoms. The predicted molar refractivity (Wildman–Crippen MR) is 78.4 cm³/mol. The maximum Gasteiger partial charge on any atom is 0.126 e. The molecule has 0 aliphatic heterocycles. The van der Waals surface area contributed by atoms with Crippen molar-refractivity contribution in [2.75, 3.05) is 5.73 Å². The van der Waals surface area contributed by atoms with Crippen molar-refractivity contribution in [1.82, 2.24) is 4.57 Å². The number of nitriles is 1. The molecule has 0 aliphatic carbocycles. The van der Waals surface area contributed by atoms with Crippen LogP contribution < -0.4 is 5.73 Å². The molecule has 1 aromatic heterocycles. The standard InChI is InChI=1S/C16H19N3/c1-4-5-13-6-8-14(9-7-13)19-12(3)11(2)15(10-17)16(19)18/h6-9H,4-5,18H2,1-3H3. The Labute approximate surface area is 114 Å². The third-order valence-corrected chi connectivity index (χ3v) is 3.60. The summed E-state index contributed by atoms with van der Waals surface area (Å²) in [4.78, 5) is 0. The first kappa shape index (κ1) is 13.2. The van der Waals surface area contributed by atoms with Crippen molar-refractivity contribution >= 4 is 5.82 Å². The largest absolute Gasteiger partial charge is 0.384 e. The topological polar surface area (TPSA) is 54.7 Å². The van der Waals surface area contributed by atoms with Gasteiger partial charge in [0.05, 0.1) is 5.56 Å². The monoisotopic (exact) mass is 253 g/mol. The number of nitrogens with two attached hydrogens (primary N) is 1. The lowest BCUT2D eigenvalue weighted by Gasteiger charge is -2.10. The summed E-state index contributed by atoms with van der Waals surface area (Å²) in [6.45, 7) is 6.10. The van der Waals surface area contributed by atoms with E-state index in [1.54, 1.807) is 0 Å². The van der Waals surface area contributed by atoms with Gasteiger partial charge in [-0.25, -0.2) is 0 Å². The van der Waals surface area contributed by atoms with Gasteiger partial charge in [-0.2, -0.15) is 5.26 Å². The molecule has 2 aromatic rings. The minimum Gasteiger partial charge on any atom is -0.384 e. The number of aromatic nitrogens is 1. The summed E-state index contributed by atoms with van der Waals surface area (Å²) < 4.78 is 1.95. The van der Waals surface area contributed by atoms with E-state index in [4.69, 9.17) is 11.0 Å². The molecule has 19 heavy (non-hydrogen) atoms. The summed E-state index contributed by atoms with van der Waals surface area (Å²) in [6.07, 6.45) is 2.23. The minimum atomic E-state index is 0.528. The van der Waals surface area contributed by atoms with Crippen LogP contribution in [0.2, 0.25) is 0 Å². The normalized spacial score (nSPS) is 10.4. The molecule has 0 atom stereocenters. The number of aryl methyl sites for hydroxylation is 1. The maximum atomic E-state index is 9.15. The van der Waals surface area contributed by atoms with Crippen LogP contribution in [0.25, 0.3) is 5.69 Å². The van der Waals surface area contributed by atoms with E-state index in [1.165, 1.54) is 5.56 Å². The molecule has 1 heterocycles. The van der Waals surface area contributed by atoms with Gasteiger partial charge in [0.2, 0.25) is 0 Å². The van der Waals surface area contributed by atoms with E-state index in [1.807, 2.05) is 18.4 Å². The molecule has 3 nitrogen and oxygen atoms in total. The highest BCUT2D eigenvalue weighted by atomic mass is 15.1. The number of anilines is 1. The zero-order valence-electron chi connectivity index (χ0n) is 11.7. The number of rotatable bonds is 3. The molecule has 0 fully saturated rings. The highest BCUT2D eigenvalue weighted by molar-refractivity contribution is 5.62. The minimum absolute atomic E-state index is 0.528. The fourth-order valence-electron chi connectivity index (χ4n) is 2.41. The number of hydrogen-bond donors (Lipinski definition) is 1. The summed E-state index contributed by atoms with van der Waals surface area (Å²) in [5, 5.41) is 9.15. The van der Waals surface area contributed by atoms with Crippen molar-refractivity contribution in [1.29, 1.82) is 5.26 Å². The molecule has 98 valence electrons. The van der Waals surface area contributed by atoms with Crippen LogP contribution in [-0.4, -0.2) is 4.57 Å². The van der Waals surface area contributed by atoms with Gasteiger partial charge in [0.1, 0.15) is 11.9 Å². The summed E-state index contributed by atoms with van der Waals surface area (Å²) >= 11 is 0. The van der Waals surface area contributed by atoms with Crippen molar-refractivity contribution in [2.24, 2.45) is 0 Å². The molecule has 0 bridgehead atoms. The molecule has 2 rings (SSSR count). The van der Waals surface area contributed by atoms with Crippen LogP contribution in [0, 0.1) is 25.2 Å². The van der Waals surface area contributed by atoms with Crippen LogP contribution in [0.1, 0.15) is 35.7 Å².